The van der Waals surface area contributed by atoms with Crippen molar-refractivity contribution in [3.8, 4) is 5.75 Å². The molecule has 0 bridgehead atoms. The van der Waals surface area contributed by atoms with Crippen LogP contribution in [0.15, 0.2) is 60.8 Å². The fourth-order valence-electron chi connectivity index (χ4n) is 2.37. The molecule has 4 heteroatoms. The van der Waals surface area contributed by atoms with E-state index in [2.05, 4.69) is 10.3 Å². The van der Waals surface area contributed by atoms with Crippen LogP contribution in [0.1, 0.15) is 15.9 Å². The van der Waals surface area contributed by atoms with Crippen LogP contribution in [0.3, 0.4) is 0 Å². The number of carbonyl (C=O) groups is 1. The Hall–Kier alpha value is -2.88. The van der Waals surface area contributed by atoms with E-state index in [1.807, 2.05) is 55.5 Å². The van der Waals surface area contributed by atoms with Crippen molar-refractivity contribution in [2.45, 2.75) is 6.92 Å². The molecule has 116 valence electrons. The molecule has 0 unspecified atom stereocenters. The van der Waals surface area contributed by atoms with Crippen molar-refractivity contribution in [3.63, 3.8) is 0 Å². The summed E-state index contributed by atoms with van der Waals surface area (Å²) in [6, 6.07) is 17.2. The predicted octanol–water partition coefficient (Wildman–Crippen LogP) is 3.35. The van der Waals surface area contributed by atoms with Gasteiger partial charge < -0.3 is 10.1 Å². The first kappa shape index (κ1) is 15.0. The maximum absolute atomic E-state index is 12.0. The molecule has 3 aromatic rings. The van der Waals surface area contributed by atoms with Crippen LogP contribution in [0, 0.1) is 6.92 Å². The van der Waals surface area contributed by atoms with Crippen molar-refractivity contribution in [3.05, 3.63) is 71.9 Å². The number of pyridine rings is 1. The topological polar surface area (TPSA) is 51.2 Å². The molecule has 2 aromatic carbocycles. The molecule has 3 rings (SSSR count). The molecule has 1 amide bonds. The minimum absolute atomic E-state index is 0.0833. The lowest BCUT2D eigenvalue weighted by molar-refractivity contribution is 0.0947. The Bertz CT molecular complexity index is 830. The van der Waals surface area contributed by atoms with Crippen LogP contribution in [0.25, 0.3) is 10.9 Å². The van der Waals surface area contributed by atoms with Crippen molar-refractivity contribution in [2.75, 3.05) is 13.2 Å². The molecule has 1 N–H and O–H groups in total. The third-order valence-corrected chi connectivity index (χ3v) is 3.51. The van der Waals surface area contributed by atoms with Gasteiger partial charge in [-0.25, -0.2) is 0 Å². The van der Waals surface area contributed by atoms with Crippen LogP contribution in [0.2, 0.25) is 0 Å². The van der Waals surface area contributed by atoms with Crippen LogP contribution < -0.4 is 10.1 Å². The van der Waals surface area contributed by atoms with Crippen LogP contribution in [0.5, 0.6) is 5.75 Å². The minimum atomic E-state index is -0.0833. The zero-order chi connectivity index (χ0) is 16.1. The fourth-order valence-corrected chi connectivity index (χ4v) is 2.37. The number of amides is 1. The number of aryl methyl sites for hydroxylation is 1. The summed E-state index contributed by atoms with van der Waals surface area (Å²) in [5, 5.41) is 3.89. The van der Waals surface area contributed by atoms with Crippen molar-refractivity contribution < 1.29 is 9.53 Å². The Morgan fingerprint density at radius 1 is 1.13 bits per heavy atom. The molecule has 0 fully saturated rings. The molecule has 0 spiro atoms. The van der Waals surface area contributed by atoms with Gasteiger partial charge in [0, 0.05) is 17.1 Å². The second-order valence-corrected chi connectivity index (χ2v) is 5.33. The van der Waals surface area contributed by atoms with Crippen LogP contribution >= 0.6 is 0 Å². The zero-order valence-corrected chi connectivity index (χ0v) is 13.0. The van der Waals surface area contributed by atoms with E-state index in [9.17, 15) is 4.79 Å². The molecule has 0 radical (unpaired) electrons. The highest BCUT2D eigenvalue weighted by atomic mass is 16.5. The first-order valence-corrected chi connectivity index (χ1v) is 7.55. The van der Waals surface area contributed by atoms with Crippen LogP contribution in [-0.4, -0.2) is 24.0 Å². The van der Waals surface area contributed by atoms with Crippen molar-refractivity contribution in [2.24, 2.45) is 0 Å². The van der Waals surface area contributed by atoms with Gasteiger partial charge in [-0.05, 0) is 43.3 Å². The molecule has 0 saturated carbocycles. The SMILES string of the molecule is Cc1cccc(C(=O)NCCOc2ccc3ncccc3c2)c1. The van der Waals surface area contributed by atoms with Crippen molar-refractivity contribution in [1.82, 2.24) is 10.3 Å². The molecule has 1 aromatic heterocycles. The van der Waals surface area contributed by atoms with Gasteiger partial charge in [-0.2, -0.15) is 0 Å². The van der Waals surface area contributed by atoms with Crippen molar-refractivity contribution in [1.29, 1.82) is 0 Å². The Kier molecular flexibility index (Phi) is 4.52. The van der Waals surface area contributed by atoms with Gasteiger partial charge in [0.05, 0.1) is 12.1 Å². The number of aromatic nitrogens is 1. The van der Waals surface area contributed by atoms with Gasteiger partial charge in [0.25, 0.3) is 5.91 Å². The zero-order valence-electron chi connectivity index (χ0n) is 13.0. The number of hydrogen-bond donors (Lipinski definition) is 1. The quantitative estimate of drug-likeness (QED) is 0.735. The highest BCUT2D eigenvalue weighted by molar-refractivity contribution is 5.94. The lowest BCUT2D eigenvalue weighted by Crippen LogP contribution is -2.28. The molecule has 0 aliphatic heterocycles. The third kappa shape index (κ3) is 3.86. The summed E-state index contributed by atoms with van der Waals surface area (Å²) >= 11 is 0. The maximum atomic E-state index is 12.0. The molecule has 23 heavy (non-hydrogen) atoms. The number of fused-ring (bicyclic) bond motifs is 1. The summed E-state index contributed by atoms with van der Waals surface area (Å²) in [4.78, 5) is 16.3. The van der Waals surface area contributed by atoms with Gasteiger partial charge in [0.15, 0.2) is 0 Å². The maximum Gasteiger partial charge on any atom is 0.251 e. The lowest BCUT2D eigenvalue weighted by atomic mass is 10.1. The van der Waals surface area contributed by atoms with Gasteiger partial charge in [0.2, 0.25) is 0 Å². The van der Waals surface area contributed by atoms with E-state index in [-0.39, 0.29) is 5.91 Å². The van der Waals surface area contributed by atoms with E-state index in [0.717, 1.165) is 22.2 Å². The number of nitrogens with zero attached hydrogens (tertiary/aromatic N) is 1. The largest absolute Gasteiger partial charge is 0.492 e. The summed E-state index contributed by atoms with van der Waals surface area (Å²) < 4.78 is 5.68. The highest BCUT2D eigenvalue weighted by Gasteiger charge is 2.04. The average molecular weight is 306 g/mol. The summed E-state index contributed by atoms with van der Waals surface area (Å²) in [5.74, 6) is 0.690. The first-order valence-electron chi connectivity index (χ1n) is 7.55. The second kappa shape index (κ2) is 6.92. The Morgan fingerprint density at radius 3 is 2.91 bits per heavy atom. The molecule has 4 nitrogen and oxygen atoms in total. The Labute approximate surface area is 135 Å². The molecule has 0 aliphatic rings. The van der Waals surface area contributed by atoms with E-state index in [1.165, 1.54) is 0 Å². The van der Waals surface area contributed by atoms with Crippen molar-refractivity contribution >= 4 is 16.8 Å². The minimum Gasteiger partial charge on any atom is -0.492 e. The van der Waals surface area contributed by atoms with Crippen LogP contribution in [0.4, 0.5) is 0 Å². The smallest absolute Gasteiger partial charge is 0.251 e. The Morgan fingerprint density at radius 2 is 2.04 bits per heavy atom. The van der Waals surface area contributed by atoms with E-state index in [4.69, 9.17) is 4.74 Å². The van der Waals surface area contributed by atoms with Gasteiger partial charge in [0.1, 0.15) is 12.4 Å². The molecule has 0 aliphatic carbocycles. The van der Waals surface area contributed by atoms with E-state index >= 15 is 0 Å². The van der Waals surface area contributed by atoms with Gasteiger partial charge >= 0.3 is 0 Å². The molecule has 0 saturated heterocycles. The molecule has 0 atom stereocenters. The second-order valence-electron chi connectivity index (χ2n) is 5.33. The first-order chi connectivity index (χ1) is 11.2. The third-order valence-electron chi connectivity index (χ3n) is 3.51. The lowest BCUT2D eigenvalue weighted by Gasteiger charge is -2.09. The molecular weight excluding hydrogens is 288 g/mol. The van der Waals surface area contributed by atoms with Crippen LogP contribution in [-0.2, 0) is 0 Å². The summed E-state index contributed by atoms with van der Waals surface area (Å²) in [5.41, 5.74) is 2.67. The number of nitrogens with one attached hydrogen (secondary N) is 1. The van der Waals surface area contributed by atoms with E-state index < -0.39 is 0 Å². The van der Waals surface area contributed by atoms with E-state index in [0.29, 0.717) is 18.7 Å². The number of hydrogen-bond acceptors (Lipinski definition) is 3. The Balaban J connectivity index is 1.51. The molecular formula is C19H18N2O2. The standard InChI is InChI=1S/C19H18N2O2/c1-14-4-2-5-16(12-14)19(22)21-10-11-23-17-7-8-18-15(13-17)6-3-9-20-18/h2-9,12-13H,10-11H2,1H3,(H,21,22). The number of carbonyl (C=O) groups excluding carboxylic acids is 1. The summed E-state index contributed by atoms with van der Waals surface area (Å²) in [6.45, 7) is 2.84. The van der Waals surface area contributed by atoms with Gasteiger partial charge in [-0.15, -0.1) is 0 Å². The summed E-state index contributed by atoms with van der Waals surface area (Å²) in [6.07, 6.45) is 1.77. The molecule has 1 heterocycles. The number of benzene rings is 2. The number of rotatable bonds is 5. The monoisotopic (exact) mass is 306 g/mol. The normalized spacial score (nSPS) is 10.5. The van der Waals surface area contributed by atoms with Gasteiger partial charge in [-0.1, -0.05) is 23.8 Å². The van der Waals surface area contributed by atoms with E-state index in [1.54, 1.807) is 12.3 Å². The average Bonchev–Trinajstić information content (AvgIpc) is 2.58. The highest BCUT2D eigenvalue weighted by Crippen LogP contribution is 2.18. The summed E-state index contributed by atoms with van der Waals surface area (Å²) in [7, 11) is 0. The number of ether oxygens (including phenoxy) is 1. The predicted molar refractivity (Wildman–Crippen MR) is 90.8 cm³/mol. The van der Waals surface area contributed by atoms with Gasteiger partial charge in [-0.3, -0.25) is 9.78 Å². The fraction of sp³-hybridized carbons (Fsp3) is 0.158.